The van der Waals surface area contributed by atoms with E-state index in [1.807, 2.05) is 25.1 Å². The van der Waals surface area contributed by atoms with Crippen LogP contribution in [0.25, 0.3) is 11.0 Å². The molecule has 0 amide bonds. The summed E-state index contributed by atoms with van der Waals surface area (Å²) in [6.07, 6.45) is 4.58. The van der Waals surface area contributed by atoms with E-state index < -0.39 is 0 Å². The van der Waals surface area contributed by atoms with Gasteiger partial charge in [0.2, 0.25) is 0 Å². The van der Waals surface area contributed by atoms with E-state index in [1.165, 1.54) is 5.57 Å². The van der Waals surface area contributed by atoms with Crippen LogP contribution in [0.3, 0.4) is 0 Å². The van der Waals surface area contributed by atoms with Gasteiger partial charge < -0.3 is 9.36 Å². The molecule has 0 radical (unpaired) electrons. The van der Waals surface area contributed by atoms with Gasteiger partial charge in [0, 0.05) is 13.0 Å². The van der Waals surface area contributed by atoms with Crippen LogP contribution in [0.1, 0.15) is 25.6 Å². The number of nitrogens with zero attached hydrogens (tertiary/aromatic N) is 2. The zero-order valence-corrected chi connectivity index (χ0v) is 10.9. The molecule has 3 nitrogen and oxygen atoms in total. The molecule has 0 unspecified atom stereocenters. The van der Waals surface area contributed by atoms with Crippen LogP contribution in [-0.4, -0.2) is 15.8 Å². The lowest BCUT2D eigenvalue weighted by atomic mass is 10.1. The van der Waals surface area contributed by atoms with Crippen LogP contribution < -0.4 is 0 Å². The third-order valence-corrected chi connectivity index (χ3v) is 3.12. The molecular formula is C15H18N2O. The average Bonchev–Trinajstić information content (AvgIpc) is 2.69. The molecule has 0 spiro atoms. The fraction of sp³-hybridized carbons (Fsp3) is 0.333. The van der Waals surface area contributed by atoms with E-state index in [1.54, 1.807) is 0 Å². The first-order valence-corrected chi connectivity index (χ1v) is 6.23. The zero-order valence-electron chi connectivity index (χ0n) is 10.9. The fourth-order valence-electron chi connectivity index (χ4n) is 2.06. The molecule has 1 heterocycles. The van der Waals surface area contributed by atoms with Crippen molar-refractivity contribution in [1.82, 2.24) is 9.55 Å². The molecule has 2 rings (SSSR count). The van der Waals surface area contributed by atoms with Gasteiger partial charge in [0.05, 0.1) is 11.0 Å². The number of para-hydroxylation sites is 2. The van der Waals surface area contributed by atoms with Crippen molar-refractivity contribution in [3.8, 4) is 0 Å². The molecule has 0 N–H and O–H groups in total. The van der Waals surface area contributed by atoms with Gasteiger partial charge in [-0.1, -0.05) is 23.8 Å². The maximum absolute atomic E-state index is 10.3. The highest BCUT2D eigenvalue weighted by Crippen LogP contribution is 2.16. The average molecular weight is 242 g/mol. The molecule has 0 saturated heterocycles. The van der Waals surface area contributed by atoms with Crippen molar-refractivity contribution in [3.63, 3.8) is 0 Å². The summed E-state index contributed by atoms with van der Waals surface area (Å²) in [5.41, 5.74) is 3.45. The number of imidazole rings is 1. The second-order valence-electron chi connectivity index (χ2n) is 4.51. The van der Waals surface area contributed by atoms with E-state index in [9.17, 15) is 4.79 Å². The van der Waals surface area contributed by atoms with Crippen molar-refractivity contribution in [2.75, 3.05) is 0 Å². The number of rotatable bonds is 5. The van der Waals surface area contributed by atoms with E-state index in [4.69, 9.17) is 0 Å². The largest absolute Gasteiger partial charge is 0.324 e. The van der Waals surface area contributed by atoms with Crippen molar-refractivity contribution in [1.29, 1.82) is 0 Å². The Bertz CT molecular complexity index is 581. The Morgan fingerprint density at radius 1 is 1.39 bits per heavy atom. The lowest BCUT2D eigenvalue weighted by Gasteiger charge is -2.04. The highest BCUT2D eigenvalue weighted by molar-refractivity contribution is 5.75. The van der Waals surface area contributed by atoms with E-state index >= 15 is 0 Å². The minimum absolute atomic E-state index is 0.603. The Kier molecular flexibility index (Phi) is 3.92. The van der Waals surface area contributed by atoms with Gasteiger partial charge in [-0.05, 0) is 32.4 Å². The molecule has 1 aromatic heterocycles. The summed E-state index contributed by atoms with van der Waals surface area (Å²) in [5.74, 6) is 1.02. The minimum Gasteiger partial charge on any atom is -0.324 e. The summed E-state index contributed by atoms with van der Waals surface area (Å²) in [6.45, 7) is 4.91. The number of benzene rings is 1. The molecule has 3 heteroatoms. The van der Waals surface area contributed by atoms with Crippen LogP contribution in [0.4, 0.5) is 0 Å². The predicted molar refractivity (Wildman–Crippen MR) is 73.5 cm³/mol. The normalized spacial score (nSPS) is 12.0. The van der Waals surface area contributed by atoms with Gasteiger partial charge in [-0.3, -0.25) is 0 Å². The number of carbonyl (C=O) groups is 1. The monoisotopic (exact) mass is 242 g/mol. The number of aromatic nitrogens is 2. The molecule has 0 atom stereocenters. The smallest absolute Gasteiger partial charge is 0.120 e. The lowest BCUT2D eigenvalue weighted by molar-refractivity contribution is -0.107. The second kappa shape index (κ2) is 5.63. The Hall–Kier alpha value is -1.90. The van der Waals surface area contributed by atoms with Crippen LogP contribution in [-0.2, 0) is 11.3 Å². The standard InChI is InChI=1S/C15H18N2O/c1-12(6-5-11-18)9-10-17-13(2)16-14-7-3-4-8-15(14)17/h3-4,7-9,11H,5-6,10H2,1-2H3. The van der Waals surface area contributed by atoms with Gasteiger partial charge in [0.25, 0.3) is 0 Å². The maximum Gasteiger partial charge on any atom is 0.120 e. The van der Waals surface area contributed by atoms with Crippen molar-refractivity contribution >= 4 is 17.3 Å². The molecule has 2 aromatic rings. The molecule has 0 aliphatic carbocycles. The van der Waals surface area contributed by atoms with Crippen LogP contribution >= 0.6 is 0 Å². The van der Waals surface area contributed by atoms with Crippen molar-refractivity contribution in [3.05, 3.63) is 41.7 Å². The van der Waals surface area contributed by atoms with Crippen LogP contribution in [0.5, 0.6) is 0 Å². The Labute approximate surface area is 107 Å². The molecule has 0 bridgehead atoms. The number of hydrogen-bond donors (Lipinski definition) is 0. The quantitative estimate of drug-likeness (QED) is 0.595. The maximum atomic E-state index is 10.3. The van der Waals surface area contributed by atoms with Gasteiger partial charge in [0.1, 0.15) is 12.1 Å². The minimum atomic E-state index is 0.603. The van der Waals surface area contributed by atoms with E-state index in [-0.39, 0.29) is 0 Å². The molecule has 0 aliphatic rings. The summed E-state index contributed by atoms with van der Waals surface area (Å²) in [6, 6.07) is 8.15. The number of hydrogen-bond acceptors (Lipinski definition) is 2. The Morgan fingerprint density at radius 2 is 2.17 bits per heavy atom. The second-order valence-corrected chi connectivity index (χ2v) is 4.51. The van der Waals surface area contributed by atoms with Crippen molar-refractivity contribution < 1.29 is 4.79 Å². The topological polar surface area (TPSA) is 34.9 Å². The third-order valence-electron chi connectivity index (χ3n) is 3.12. The van der Waals surface area contributed by atoms with Crippen LogP contribution in [0, 0.1) is 6.92 Å². The molecular weight excluding hydrogens is 224 g/mol. The van der Waals surface area contributed by atoms with Gasteiger partial charge in [0.15, 0.2) is 0 Å². The van der Waals surface area contributed by atoms with E-state index in [0.717, 1.165) is 36.1 Å². The highest BCUT2D eigenvalue weighted by atomic mass is 16.1. The summed E-state index contributed by atoms with van der Waals surface area (Å²) in [5, 5.41) is 0. The molecule has 18 heavy (non-hydrogen) atoms. The Balaban J connectivity index is 2.21. The summed E-state index contributed by atoms with van der Waals surface area (Å²) in [7, 11) is 0. The molecule has 94 valence electrons. The number of aryl methyl sites for hydroxylation is 1. The first-order valence-electron chi connectivity index (χ1n) is 6.23. The number of fused-ring (bicyclic) bond motifs is 1. The van der Waals surface area contributed by atoms with Crippen molar-refractivity contribution in [2.45, 2.75) is 33.2 Å². The molecule has 1 aromatic carbocycles. The van der Waals surface area contributed by atoms with Crippen LogP contribution in [0.2, 0.25) is 0 Å². The van der Waals surface area contributed by atoms with E-state index in [2.05, 4.69) is 28.6 Å². The van der Waals surface area contributed by atoms with Gasteiger partial charge >= 0.3 is 0 Å². The SMILES string of the molecule is CC(=CCn1c(C)nc2ccccc21)CCC=O. The third kappa shape index (κ3) is 2.67. The number of allylic oxidation sites excluding steroid dienone is 2. The van der Waals surface area contributed by atoms with Crippen LogP contribution in [0.15, 0.2) is 35.9 Å². The summed E-state index contributed by atoms with van der Waals surface area (Å²) < 4.78 is 2.19. The first kappa shape index (κ1) is 12.6. The van der Waals surface area contributed by atoms with Gasteiger partial charge in [-0.25, -0.2) is 4.98 Å². The summed E-state index contributed by atoms with van der Waals surface area (Å²) in [4.78, 5) is 14.9. The predicted octanol–water partition coefficient (Wildman–Crippen LogP) is 3.27. The Morgan fingerprint density at radius 3 is 2.94 bits per heavy atom. The molecule has 0 saturated carbocycles. The van der Waals surface area contributed by atoms with Gasteiger partial charge in [-0.15, -0.1) is 0 Å². The van der Waals surface area contributed by atoms with Crippen molar-refractivity contribution in [2.24, 2.45) is 0 Å². The zero-order chi connectivity index (χ0) is 13.0. The van der Waals surface area contributed by atoms with E-state index in [0.29, 0.717) is 6.42 Å². The highest BCUT2D eigenvalue weighted by Gasteiger charge is 2.04. The molecule has 0 fully saturated rings. The van der Waals surface area contributed by atoms with Gasteiger partial charge in [-0.2, -0.15) is 0 Å². The number of aldehydes is 1. The molecule has 0 aliphatic heterocycles. The lowest BCUT2D eigenvalue weighted by Crippen LogP contribution is -1.98. The first-order chi connectivity index (χ1) is 8.72. The number of carbonyl (C=O) groups excluding carboxylic acids is 1. The summed E-state index contributed by atoms with van der Waals surface area (Å²) >= 11 is 0. The fourth-order valence-corrected chi connectivity index (χ4v) is 2.06.